The predicted octanol–water partition coefficient (Wildman–Crippen LogP) is 2.61. The van der Waals surface area contributed by atoms with Crippen LogP contribution in [0, 0.1) is 0 Å². The molecule has 0 fully saturated rings. The predicted molar refractivity (Wildman–Crippen MR) is 67.9 cm³/mol. The normalized spacial score (nSPS) is 11.3. The van der Waals surface area contributed by atoms with Gasteiger partial charge in [0.05, 0.1) is 0 Å². The maximum Gasteiger partial charge on any atom is 0.0265 e. The molecule has 0 unspecified atom stereocenters. The molecule has 3 heteroatoms. The second-order valence-corrected chi connectivity index (χ2v) is 5.10. The van der Waals surface area contributed by atoms with Crippen LogP contribution in [0.15, 0.2) is 11.1 Å². The lowest BCUT2D eigenvalue weighted by Gasteiger charge is -2.20. The average Bonchev–Trinajstić information content (AvgIpc) is 2.09. The van der Waals surface area contributed by atoms with Crippen molar-refractivity contribution in [3.63, 3.8) is 0 Å². The summed E-state index contributed by atoms with van der Waals surface area (Å²) in [6.45, 7) is 11.4. The molecule has 0 radical (unpaired) electrons. The Morgan fingerprint density at radius 2 is 2.07 bits per heavy atom. The van der Waals surface area contributed by atoms with Gasteiger partial charge >= 0.3 is 0 Å². The molecular formula is C11H23BrN2. The van der Waals surface area contributed by atoms with Crippen molar-refractivity contribution in [2.45, 2.75) is 32.7 Å². The van der Waals surface area contributed by atoms with Crippen molar-refractivity contribution < 1.29 is 0 Å². The zero-order valence-corrected chi connectivity index (χ0v) is 11.2. The summed E-state index contributed by atoms with van der Waals surface area (Å²) < 4.78 is 1.02. The van der Waals surface area contributed by atoms with Gasteiger partial charge in [0.25, 0.3) is 0 Å². The van der Waals surface area contributed by atoms with E-state index in [4.69, 9.17) is 0 Å². The van der Waals surface area contributed by atoms with Crippen LogP contribution in [0.2, 0.25) is 0 Å². The highest BCUT2D eigenvalue weighted by Gasteiger charge is 2.01. The molecule has 0 bridgehead atoms. The zero-order chi connectivity index (χ0) is 11.0. The van der Waals surface area contributed by atoms with Crippen molar-refractivity contribution >= 4 is 15.9 Å². The fourth-order valence-corrected chi connectivity index (χ4v) is 1.29. The van der Waals surface area contributed by atoms with E-state index in [0.717, 1.165) is 17.6 Å². The zero-order valence-electron chi connectivity index (χ0n) is 9.65. The summed E-state index contributed by atoms with van der Waals surface area (Å²) in [4.78, 5) is 2.38. The lowest BCUT2D eigenvalue weighted by atomic mass is 10.2. The molecule has 0 saturated carbocycles. The van der Waals surface area contributed by atoms with Crippen LogP contribution in [0.3, 0.4) is 0 Å². The van der Waals surface area contributed by atoms with Gasteiger partial charge in [0.2, 0.25) is 0 Å². The van der Waals surface area contributed by atoms with E-state index in [1.165, 1.54) is 19.4 Å². The van der Waals surface area contributed by atoms with E-state index >= 15 is 0 Å². The Hall–Kier alpha value is 0.140. The van der Waals surface area contributed by atoms with Crippen molar-refractivity contribution in [2.75, 3.05) is 26.7 Å². The van der Waals surface area contributed by atoms with Crippen molar-refractivity contribution in [1.29, 1.82) is 0 Å². The number of nitrogens with one attached hydrogen (secondary N) is 1. The van der Waals surface area contributed by atoms with E-state index in [2.05, 4.69) is 53.6 Å². The molecule has 0 aliphatic rings. The Labute approximate surface area is 96.9 Å². The van der Waals surface area contributed by atoms with Crippen LogP contribution in [0.5, 0.6) is 0 Å². The van der Waals surface area contributed by atoms with Crippen LogP contribution in [0.1, 0.15) is 26.7 Å². The molecule has 0 atom stereocenters. The summed E-state index contributed by atoms with van der Waals surface area (Å²) in [5.74, 6) is 0. The van der Waals surface area contributed by atoms with E-state index in [-0.39, 0.29) is 0 Å². The molecule has 0 saturated heterocycles. The van der Waals surface area contributed by atoms with Gasteiger partial charge in [0.1, 0.15) is 0 Å². The molecule has 0 aromatic carbocycles. The van der Waals surface area contributed by atoms with Crippen LogP contribution >= 0.6 is 15.9 Å². The van der Waals surface area contributed by atoms with Gasteiger partial charge in [-0.05, 0) is 46.8 Å². The van der Waals surface area contributed by atoms with E-state index < -0.39 is 0 Å². The smallest absolute Gasteiger partial charge is 0.0265 e. The quantitative estimate of drug-likeness (QED) is 0.677. The summed E-state index contributed by atoms with van der Waals surface area (Å²) in [6.07, 6.45) is 2.49. The Balaban J connectivity index is 3.17. The van der Waals surface area contributed by atoms with E-state index in [1.54, 1.807) is 0 Å². The van der Waals surface area contributed by atoms with Gasteiger partial charge in [-0.1, -0.05) is 22.5 Å². The first kappa shape index (κ1) is 14.1. The Bertz CT molecular complexity index is 157. The van der Waals surface area contributed by atoms with Gasteiger partial charge in [0.15, 0.2) is 0 Å². The topological polar surface area (TPSA) is 15.3 Å². The summed E-state index contributed by atoms with van der Waals surface area (Å²) in [5.41, 5.74) is 0. The largest absolute Gasteiger partial charge is 0.312 e. The summed E-state index contributed by atoms with van der Waals surface area (Å²) >= 11 is 3.32. The number of halogens is 1. The number of nitrogens with zero attached hydrogens (tertiary/aromatic N) is 1. The molecule has 0 aliphatic heterocycles. The molecule has 0 spiro atoms. The van der Waals surface area contributed by atoms with Crippen LogP contribution in [-0.2, 0) is 0 Å². The van der Waals surface area contributed by atoms with Gasteiger partial charge in [-0.2, -0.15) is 0 Å². The minimum Gasteiger partial charge on any atom is -0.312 e. The maximum absolute atomic E-state index is 3.77. The van der Waals surface area contributed by atoms with Gasteiger partial charge in [-0.15, -0.1) is 0 Å². The Morgan fingerprint density at radius 1 is 1.43 bits per heavy atom. The second-order valence-electron chi connectivity index (χ2n) is 3.98. The third-order valence-electron chi connectivity index (χ3n) is 2.31. The first-order valence-electron chi connectivity index (χ1n) is 5.28. The molecule has 1 N–H and O–H groups in total. The van der Waals surface area contributed by atoms with E-state index in [0.29, 0.717) is 6.04 Å². The summed E-state index contributed by atoms with van der Waals surface area (Å²) in [6, 6.07) is 0.658. The fourth-order valence-electron chi connectivity index (χ4n) is 1.09. The molecule has 0 rings (SSSR count). The highest BCUT2D eigenvalue weighted by molar-refractivity contribution is 9.11. The minimum atomic E-state index is 0.658. The monoisotopic (exact) mass is 262 g/mol. The molecule has 0 aliphatic carbocycles. The Morgan fingerprint density at radius 3 is 2.57 bits per heavy atom. The molecule has 0 heterocycles. The molecule has 84 valence electrons. The van der Waals surface area contributed by atoms with Gasteiger partial charge < -0.3 is 10.2 Å². The lowest BCUT2D eigenvalue weighted by molar-refractivity contribution is 0.268. The lowest BCUT2D eigenvalue weighted by Crippen LogP contribution is -2.28. The van der Waals surface area contributed by atoms with E-state index in [9.17, 15) is 0 Å². The van der Waals surface area contributed by atoms with E-state index in [1.807, 2.05) is 0 Å². The molecule has 0 aromatic rings. The molecule has 0 aromatic heterocycles. The third-order valence-corrected chi connectivity index (χ3v) is 2.59. The van der Waals surface area contributed by atoms with Crippen molar-refractivity contribution in [2.24, 2.45) is 0 Å². The maximum atomic E-state index is 3.77. The van der Waals surface area contributed by atoms with Crippen molar-refractivity contribution in [1.82, 2.24) is 10.2 Å². The highest BCUT2D eigenvalue weighted by Crippen LogP contribution is 1.99. The van der Waals surface area contributed by atoms with Gasteiger partial charge in [-0.3, -0.25) is 0 Å². The molecule has 0 amide bonds. The first-order valence-corrected chi connectivity index (χ1v) is 6.07. The number of unbranched alkanes of at least 4 members (excludes halogenated alkanes) is 1. The number of hydrogen-bond donors (Lipinski definition) is 1. The summed E-state index contributed by atoms with van der Waals surface area (Å²) in [7, 11) is 2.18. The highest BCUT2D eigenvalue weighted by atomic mass is 79.9. The summed E-state index contributed by atoms with van der Waals surface area (Å²) in [5, 5.41) is 3.32. The second kappa shape index (κ2) is 8.45. The van der Waals surface area contributed by atoms with Crippen LogP contribution in [-0.4, -0.2) is 37.6 Å². The SMILES string of the molecule is C=C(Br)CNCCCCN(C)C(C)C. The van der Waals surface area contributed by atoms with Crippen LogP contribution in [0.4, 0.5) is 0 Å². The van der Waals surface area contributed by atoms with Crippen LogP contribution in [0.25, 0.3) is 0 Å². The average molecular weight is 263 g/mol. The molecule has 14 heavy (non-hydrogen) atoms. The number of rotatable bonds is 8. The minimum absolute atomic E-state index is 0.658. The van der Waals surface area contributed by atoms with Crippen LogP contribution < -0.4 is 5.32 Å². The first-order chi connectivity index (χ1) is 6.54. The van der Waals surface area contributed by atoms with Gasteiger partial charge in [-0.25, -0.2) is 0 Å². The molecule has 2 nitrogen and oxygen atoms in total. The Kier molecular flexibility index (Phi) is 8.53. The fraction of sp³-hybridized carbons (Fsp3) is 0.818. The molecular weight excluding hydrogens is 240 g/mol. The van der Waals surface area contributed by atoms with Crippen molar-refractivity contribution in [3.05, 3.63) is 11.1 Å². The standard InChI is InChI=1S/C11H23BrN2/c1-10(2)14(4)8-6-5-7-13-9-11(3)12/h10,13H,3,5-9H2,1-2,4H3. The third kappa shape index (κ3) is 8.73. The number of hydrogen-bond acceptors (Lipinski definition) is 2. The van der Waals surface area contributed by atoms with Gasteiger partial charge in [0, 0.05) is 17.1 Å². The van der Waals surface area contributed by atoms with Crippen molar-refractivity contribution in [3.8, 4) is 0 Å².